The Morgan fingerprint density at radius 3 is 2.82 bits per heavy atom. The third-order valence-corrected chi connectivity index (χ3v) is 3.62. The van der Waals surface area contributed by atoms with Gasteiger partial charge in [-0.25, -0.2) is 0 Å². The van der Waals surface area contributed by atoms with Crippen LogP contribution in [0.5, 0.6) is 0 Å². The molecule has 2 heterocycles. The van der Waals surface area contributed by atoms with Crippen LogP contribution in [-0.2, 0) is 14.3 Å². The zero-order chi connectivity index (χ0) is 12.3. The van der Waals surface area contributed by atoms with Crippen LogP contribution in [0.1, 0.15) is 13.3 Å². The van der Waals surface area contributed by atoms with Crippen molar-refractivity contribution in [1.29, 1.82) is 0 Å². The lowest BCUT2D eigenvalue weighted by atomic mass is 10.0. The maximum Gasteiger partial charge on any atom is 0.247 e. The zero-order valence-electron chi connectivity index (χ0n) is 10.5. The fourth-order valence-corrected chi connectivity index (χ4v) is 2.01. The van der Waals surface area contributed by atoms with E-state index in [0.717, 1.165) is 25.1 Å². The minimum Gasteiger partial charge on any atom is -0.378 e. The topological polar surface area (TPSA) is 59.6 Å². The summed E-state index contributed by atoms with van der Waals surface area (Å²) in [6.45, 7) is 5.31. The summed E-state index contributed by atoms with van der Waals surface area (Å²) in [6.07, 6.45) is 0.834. The molecule has 0 radical (unpaired) electrons. The molecular weight excluding hydrogens is 220 g/mol. The highest BCUT2D eigenvalue weighted by Gasteiger charge is 2.35. The molecule has 17 heavy (non-hydrogen) atoms. The molecule has 2 rings (SSSR count). The quantitative estimate of drug-likeness (QED) is 0.670. The molecule has 5 heteroatoms. The first-order valence-corrected chi connectivity index (χ1v) is 5.97. The van der Waals surface area contributed by atoms with Crippen LogP contribution in [0.3, 0.4) is 0 Å². The third-order valence-electron chi connectivity index (χ3n) is 3.62. The minimum atomic E-state index is -0.335. The zero-order valence-corrected chi connectivity index (χ0v) is 10.5. The Labute approximate surface area is 102 Å². The molecule has 2 aliphatic heterocycles. The van der Waals surface area contributed by atoms with E-state index in [1.165, 1.54) is 5.57 Å². The molecule has 1 atom stereocenters. The monoisotopic (exact) mass is 240 g/mol. The maximum absolute atomic E-state index is 11.9. The molecular formula is C12H20N2O3. The van der Waals surface area contributed by atoms with Crippen LogP contribution < -0.4 is 10.6 Å². The summed E-state index contributed by atoms with van der Waals surface area (Å²) in [5.74, 6) is 0.00447. The predicted octanol–water partition coefficient (Wildman–Crippen LogP) is -0.172. The predicted molar refractivity (Wildman–Crippen MR) is 63.8 cm³/mol. The van der Waals surface area contributed by atoms with Crippen LogP contribution in [0.4, 0.5) is 0 Å². The van der Waals surface area contributed by atoms with Crippen molar-refractivity contribution in [2.24, 2.45) is 0 Å². The third kappa shape index (κ3) is 2.68. The van der Waals surface area contributed by atoms with Crippen molar-refractivity contribution in [3.8, 4) is 0 Å². The fraction of sp³-hybridized carbons (Fsp3) is 0.750. The standard InChI is InChI=1S/C12H20N2O3/c1-9(10-5-13-6-10)11(15)14-7-12(16-2)3-4-17-8-12/h13H,3-8H2,1-2H3,(H,14,15). The van der Waals surface area contributed by atoms with Gasteiger partial charge in [-0.1, -0.05) is 0 Å². The Balaban J connectivity index is 1.87. The number of carbonyl (C=O) groups is 1. The molecule has 1 unspecified atom stereocenters. The highest BCUT2D eigenvalue weighted by Crippen LogP contribution is 2.21. The van der Waals surface area contributed by atoms with Crippen LogP contribution in [0, 0.1) is 0 Å². The van der Waals surface area contributed by atoms with Crippen molar-refractivity contribution in [3.63, 3.8) is 0 Å². The van der Waals surface area contributed by atoms with Crippen molar-refractivity contribution in [1.82, 2.24) is 10.6 Å². The lowest BCUT2D eigenvalue weighted by molar-refractivity contribution is -0.119. The number of carbonyl (C=O) groups excluding carboxylic acids is 1. The number of nitrogens with one attached hydrogen (secondary N) is 2. The van der Waals surface area contributed by atoms with Crippen LogP contribution in [0.2, 0.25) is 0 Å². The molecule has 5 nitrogen and oxygen atoms in total. The largest absolute Gasteiger partial charge is 0.378 e. The Hall–Kier alpha value is -0.910. The molecule has 0 aromatic heterocycles. The summed E-state index contributed by atoms with van der Waals surface area (Å²) in [5.41, 5.74) is 1.68. The first kappa shape index (κ1) is 12.5. The molecule has 0 bridgehead atoms. The number of hydrogen-bond donors (Lipinski definition) is 2. The van der Waals surface area contributed by atoms with Gasteiger partial charge >= 0.3 is 0 Å². The van der Waals surface area contributed by atoms with Crippen molar-refractivity contribution in [2.75, 3.05) is 40.0 Å². The van der Waals surface area contributed by atoms with E-state index in [1.807, 2.05) is 6.92 Å². The molecule has 0 aliphatic carbocycles. The van der Waals surface area contributed by atoms with E-state index >= 15 is 0 Å². The molecule has 0 spiro atoms. The Morgan fingerprint density at radius 2 is 2.35 bits per heavy atom. The molecule has 1 amide bonds. The minimum absolute atomic E-state index is 0.00447. The van der Waals surface area contributed by atoms with E-state index in [4.69, 9.17) is 9.47 Å². The van der Waals surface area contributed by atoms with Crippen molar-refractivity contribution in [3.05, 3.63) is 11.1 Å². The second-order valence-corrected chi connectivity index (χ2v) is 4.70. The Kier molecular flexibility index (Phi) is 3.81. The summed E-state index contributed by atoms with van der Waals surface area (Å²) in [5, 5.41) is 6.07. The van der Waals surface area contributed by atoms with Gasteiger partial charge in [-0.3, -0.25) is 4.79 Å². The molecule has 0 aromatic carbocycles. The first-order valence-electron chi connectivity index (χ1n) is 5.97. The molecule has 0 saturated carbocycles. The van der Waals surface area contributed by atoms with E-state index < -0.39 is 0 Å². The van der Waals surface area contributed by atoms with Gasteiger partial charge in [0, 0.05) is 45.3 Å². The summed E-state index contributed by atoms with van der Waals surface area (Å²) in [7, 11) is 1.67. The lowest BCUT2D eigenvalue weighted by Gasteiger charge is -2.27. The van der Waals surface area contributed by atoms with Crippen LogP contribution in [0.15, 0.2) is 11.1 Å². The molecule has 2 N–H and O–H groups in total. The molecule has 0 aromatic rings. The summed E-state index contributed by atoms with van der Waals surface area (Å²) < 4.78 is 10.8. The number of rotatable bonds is 4. The van der Waals surface area contributed by atoms with Crippen molar-refractivity contribution >= 4 is 5.91 Å². The molecule has 2 fully saturated rings. The van der Waals surface area contributed by atoms with Gasteiger partial charge in [0.05, 0.1) is 6.61 Å². The summed E-state index contributed by atoms with van der Waals surface area (Å²) in [4.78, 5) is 11.9. The second-order valence-electron chi connectivity index (χ2n) is 4.70. The van der Waals surface area contributed by atoms with Gasteiger partial charge in [-0.15, -0.1) is 0 Å². The SMILES string of the molecule is COC1(CNC(=O)C(C)=C2CNC2)CCOC1. The van der Waals surface area contributed by atoms with Gasteiger partial charge in [0.15, 0.2) is 0 Å². The average molecular weight is 240 g/mol. The van der Waals surface area contributed by atoms with Crippen LogP contribution >= 0.6 is 0 Å². The normalized spacial score (nSPS) is 27.8. The van der Waals surface area contributed by atoms with Gasteiger partial charge in [0.25, 0.3) is 0 Å². The molecule has 2 saturated heterocycles. The van der Waals surface area contributed by atoms with E-state index in [1.54, 1.807) is 7.11 Å². The van der Waals surface area contributed by atoms with E-state index in [9.17, 15) is 4.79 Å². The second kappa shape index (κ2) is 5.16. The van der Waals surface area contributed by atoms with Gasteiger partial charge in [-0.2, -0.15) is 0 Å². The van der Waals surface area contributed by atoms with E-state index in [0.29, 0.717) is 19.8 Å². The number of hydrogen-bond acceptors (Lipinski definition) is 4. The number of methoxy groups -OCH3 is 1. The van der Waals surface area contributed by atoms with Crippen molar-refractivity contribution in [2.45, 2.75) is 18.9 Å². The summed E-state index contributed by atoms with van der Waals surface area (Å²) in [6, 6.07) is 0. The average Bonchev–Trinajstić information content (AvgIpc) is 2.73. The van der Waals surface area contributed by atoms with Gasteiger partial charge < -0.3 is 20.1 Å². The number of ether oxygens (including phenoxy) is 2. The Morgan fingerprint density at radius 1 is 1.59 bits per heavy atom. The summed E-state index contributed by atoms with van der Waals surface area (Å²) >= 11 is 0. The van der Waals surface area contributed by atoms with Gasteiger partial charge in [-0.05, 0) is 12.5 Å². The van der Waals surface area contributed by atoms with Gasteiger partial charge in [0.2, 0.25) is 5.91 Å². The van der Waals surface area contributed by atoms with E-state index in [-0.39, 0.29) is 11.5 Å². The smallest absolute Gasteiger partial charge is 0.247 e. The molecule has 2 aliphatic rings. The van der Waals surface area contributed by atoms with Crippen LogP contribution in [0.25, 0.3) is 0 Å². The maximum atomic E-state index is 11.9. The number of amides is 1. The Bertz CT molecular complexity index is 327. The molecule has 96 valence electrons. The van der Waals surface area contributed by atoms with Crippen LogP contribution in [-0.4, -0.2) is 51.5 Å². The van der Waals surface area contributed by atoms with E-state index in [2.05, 4.69) is 10.6 Å². The highest BCUT2D eigenvalue weighted by atomic mass is 16.5. The van der Waals surface area contributed by atoms with Gasteiger partial charge in [0.1, 0.15) is 5.60 Å². The fourth-order valence-electron chi connectivity index (χ4n) is 2.01. The highest BCUT2D eigenvalue weighted by molar-refractivity contribution is 5.94. The van der Waals surface area contributed by atoms with Crippen molar-refractivity contribution < 1.29 is 14.3 Å². The first-order chi connectivity index (χ1) is 8.17. The lowest BCUT2D eigenvalue weighted by Crippen LogP contribution is -2.46.